The fourth-order valence-corrected chi connectivity index (χ4v) is 4.65. The van der Waals surface area contributed by atoms with Gasteiger partial charge in [-0.3, -0.25) is 0 Å². The first-order valence-corrected chi connectivity index (χ1v) is 10.2. The van der Waals surface area contributed by atoms with Gasteiger partial charge in [-0.2, -0.15) is 4.31 Å². The van der Waals surface area contributed by atoms with Crippen LogP contribution in [-0.2, 0) is 10.0 Å². The highest BCUT2D eigenvalue weighted by molar-refractivity contribution is 7.89. The molecule has 2 amide bonds. The number of urea groups is 1. The summed E-state index contributed by atoms with van der Waals surface area (Å²) in [7, 11) is -2.16. The van der Waals surface area contributed by atoms with E-state index in [9.17, 15) is 13.2 Å². The van der Waals surface area contributed by atoms with E-state index in [1.165, 1.54) is 28.6 Å². The van der Waals surface area contributed by atoms with Crippen molar-refractivity contribution in [1.82, 2.24) is 9.62 Å². The van der Waals surface area contributed by atoms with Crippen molar-refractivity contribution < 1.29 is 17.9 Å². The molecule has 2 aromatic carbocycles. The summed E-state index contributed by atoms with van der Waals surface area (Å²) in [5.74, 6) is 0.678. The molecule has 0 bridgehead atoms. The van der Waals surface area contributed by atoms with Gasteiger partial charge in [0.1, 0.15) is 5.75 Å². The van der Waals surface area contributed by atoms with Gasteiger partial charge in [-0.25, -0.2) is 13.2 Å². The first-order valence-electron chi connectivity index (χ1n) is 8.39. The number of rotatable bonds is 5. The lowest BCUT2D eigenvalue weighted by Crippen LogP contribution is -2.48. The van der Waals surface area contributed by atoms with Crippen LogP contribution in [0.4, 0.5) is 10.5 Å². The average molecular weight is 410 g/mol. The molecule has 1 aliphatic rings. The second kappa shape index (κ2) is 8.16. The molecule has 0 saturated carbocycles. The molecular weight excluding hydrogens is 390 g/mol. The largest absolute Gasteiger partial charge is 0.497 e. The highest BCUT2D eigenvalue weighted by Crippen LogP contribution is 2.26. The van der Waals surface area contributed by atoms with E-state index in [1.807, 2.05) is 0 Å². The summed E-state index contributed by atoms with van der Waals surface area (Å²) < 4.78 is 32.1. The molecular formula is C18H20ClN3O4S. The third-order valence-corrected chi connectivity index (χ3v) is 6.44. The smallest absolute Gasteiger partial charge is 0.320 e. The number of amides is 2. The number of nitrogens with one attached hydrogen (secondary N) is 2. The van der Waals surface area contributed by atoms with E-state index in [1.54, 1.807) is 31.4 Å². The quantitative estimate of drug-likeness (QED) is 0.793. The fourth-order valence-electron chi connectivity index (χ4n) is 2.91. The number of ether oxygens (including phenoxy) is 1. The number of carbonyl (C=O) groups excluding carboxylic acids is 1. The molecule has 1 heterocycles. The molecule has 7 nitrogen and oxygen atoms in total. The van der Waals surface area contributed by atoms with Crippen molar-refractivity contribution in [3.05, 3.63) is 53.6 Å². The Hall–Kier alpha value is -2.29. The van der Waals surface area contributed by atoms with Crippen LogP contribution in [-0.4, -0.2) is 38.6 Å². The lowest BCUT2D eigenvalue weighted by molar-refractivity contribution is 0.240. The van der Waals surface area contributed by atoms with Crippen LogP contribution in [0.1, 0.15) is 12.8 Å². The molecule has 3 rings (SSSR count). The molecule has 0 radical (unpaired) electrons. The van der Waals surface area contributed by atoms with Crippen LogP contribution in [0.3, 0.4) is 0 Å². The van der Waals surface area contributed by atoms with E-state index in [0.717, 1.165) is 0 Å². The number of methoxy groups -OCH3 is 1. The molecule has 1 aliphatic heterocycles. The second-order valence-corrected chi connectivity index (χ2v) is 8.38. The maximum Gasteiger partial charge on any atom is 0.320 e. The summed E-state index contributed by atoms with van der Waals surface area (Å²) in [4.78, 5) is 12.4. The lowest BCUT2D eigenvalue weighted by atomic mass is 10.3. The summed E-state index contributed by atoms with van der Waals surface area (Å²) in [5.41, 5.74) is 0.582. The maximum atomic E-state index is 12.9. The Bertz CT molecular complexity index is 901. The van der Waals surface area contributed by atoms with Crippen LogP contribution in [0.5, 0.6) is 5.75 Å². The van der Waals surface area contributed by atoms with Crippen molar-refractivity contribution in [2.24, 2.45) is 0 Å². The van der Waals surface area contributed by atoms with E-state index in [0.29, 0.717) is 35.8 Å². The van der Waals surface area contributed by atoms with Gasteiger partial charge in [-0.1, -0.05) is 11.6 Å². The number of sulfonamides is 1. The van der Waals surface area contributed by atoms with Crippen molar-refractivity contribution in [2.75, 3.05) is 19.0 Å². The number of carbonyl (C=O) groups is 1. The molecule has 0 unspecified atom stereocenters. The molecule has 1 fully saturated rings. The average Bonchev–Trinajstić information content (AvgIpc) is 3.11. The van der Waals surface area contributed by atoms with Crippen molar-refractivity contribution in [2.45, 2.75) is 23.9 Å². The van der Waals surface area contributed by atoms with Gasteiger partial charge in [0.2, 0.25) is 10.0 Å². The summed E-state index contributed by atoms with van der Waals surface area (Å²) in [6.07, 6.45) is 0.604. The standard InChI is InChI=1S/C18H20ClN3O4S/c1-26-15-8-6-14(7-9-15)20-18(23)21-17-3-2-12-22(17)27(24,25)16-10-4-13(19)5-11-16/h4-11,17H,2-3,12H2,1H3,(H2,20,21,23)/t17-/m0/s1. The molecule has 9 heteroatoms. The zero-order valence-corrected chi connectivity index (χ0v) is 16.3. The molecule has 0 spiro atoms. The maximum absolute atomic E-state index is 12.9. The minimum atomic E-state index is -3.72. The van der Waals surface area contributed by atoms with Gasteiger partial charge < -0.3 is 15.4 Å². The van der Waals surface area contributed by atoms with Crippen LogP contribution < -0.4 is 15.4 Å². The summed E-state index contributed by atoms with van der Waals surface area (Å²) in [6.45, 7) is 0.346. The number of halogens is 1. The van der Waals surface area contributed by atoms with E-state index in [4.69, 9.17) is 16.3 Å². The predicted molar refractivity (Wildman–Crippen MR) is 104 cm³/mol. The van der Waals surface area contributed by atoms with Crippen LogP contribution in [0.25, 0.3) is 0 Å². The van der Waals surface area contributed by atoms with Gasteiger partial charge in [0, 0.05) is 17.3 Å². The highest BCUT2D eigenvalue weighted by atomic mass is 35.5. The van der Waals surface area contributed by atoms with Gasteiger partial charge in [-0.15, -0.1) is 0 Å². The SMILES string of the molecule is COc1ccc(NC(=O)N[C@@H]2CCCN2S(=O)(=O)c2ccc(Cl)cc2)cc1. The van der Waals surface area contributed by atoms with E-state index >= 15 is 0 Å². The molecule has 2 aromatic rings. The van der Waals surface area contributed by atoms with Crippen molar-refractivity contribution in [3.63, 3.8) is 0 Å². The number of nitrogens with zero attached hydrogens (tertiary/aromatic N) is 1. The summed E-state index contributed by atoms with van der Waals surface area (Å²) in [5, 5.41) is 5.89. The third-order valence-electron chi connectivity index (χ3n) is 4.27. The van der Waals surface area contributed by atoms with Crippen molar-refractivity contribution in [1.29, 1.82) is 0 Å². The molecule has 1 atom stereocenters. The van der Waals surface area contributed by atoms with Crippen molar-refractivity contribution >= 4 is 33.3 Å². The Labute approximate surface area is 163 Å². The van der Waals surface area contributed by atoms with Gasteiger partial charge in [0.25, 0.3) is 0 Å². The van der Waals surface area contributed by atoms with Gasteiger partial charge >= 0.3 is 6.03 Å². The molecule has 1 saturated heterocycles. The summed E-state index contributed by atoms with van der Waals surface area (Å²) >= 11 is 5.83. The zero-order chi connectivity index (χ0) is 19.4. The lowest BCUT2D eigenvalue weighted by Gasteiger charge is -2.25. The van der Waals surface area contributed by atoms with E-state index in [2.05, 4.69) is 10.6 Å². The number of hydrogen-bond donors (Lipinski definition) is 2. The minimum Gasteiger partial charge on any atom is -0.497 e. The number of hydrogen-bond acceptors (Lipinski definition) is 4. The third kappa shape index (κ3) is 4.52. The Morgan fingerprint density at radius 2 is 1.81 bits per heavy atom. The van der Waals surface area contributed by atoms with Gasteiger partial charge in [0.05, 0.1) is 18.2 Å². The Morgan fingerprint density at radius 1 is 1.15 bits per heavy atom. The van der Waals surface area contributed by atoms with Crippen LogP contribution >= 0.6 is 11.6 Å². The van der Waals surface area contributed by atoms with Gasteiger partial charge in [0.15, 0.2) is 0 Å². The summed E-state index contributed by atoms with van der Waals surface area (Å²) in [6, 6.07) is 12.4. The predicted octanol–water partition coefficient (Wildman–Crippen LogP) is 3.28. The first kappa shape index (κ1) is 19.5. The molecule has 2 N–H and O–H groups in total. The number of anilines is 1. The Balaban J connectivity index is 1.68. The van der Waals surface area contributed by atoms with Crippen LogP contribution in [0.2, 0.25) is 5.02 Å². The topological polar surface area (TPSA) is 87.7 Å². The van der Waals surface area contributed by atoms with Gasteiger partial charge in [-0.05, 0) is 61.4 Å². The van der Waals surface area contributed by atoms with Crippen LogP contribution in [0.15, 0.2) is 53.4 Å². The number of benzene rings is 2. The molecule has 27 heavy (non-hydrogen) atoms. The van der Waals surface area contributed by atoms with Crippen molar-refractivity contribution in [3.8, 4) is 5.75 Å². The Morgan fingerprint density at radius 3 is 2.44 bits per heavy atom. The Kier molecular flexibility index (Phi) is 5.88. The highest BCUT2D eigenvalue weighted by Gasteiger charge is 2.36. The minimum absolute atomic E-state index is 0.149. The second-order valence-electron chi connectivity index (χ2n) is 6.05. The fraction of sp³-hybridized carbons (Fsp3) is 0.278. The first-order chi connectivity index (χ1) is 12.9. The molecule has 0 aliphatic carbocycles. The monoisotopic (exact) mass is 409 g/mol. The normalized spacial score (nSPS) is 17.5. The molecule has 144 valence electrons. The van der Waals surface area contributed by atoms with E-state index < -0.39 is 22.2 Å². The zero-order valence-electron chi connectivity index (χ0n) is 14.7. The van der Waals surface area contributed by atoms with Crippen LogP contribution in [0, 0.1) is 0 Å². The van der Waals surface area contributed by atoms with E-state index in [-0.39, 0.29) is 4.90 Å². The molecule has 0 aromatic heterocycles.